The molecule has 0 aliphatic carbocycles. The van der Waals surface area contributed by atoms with Gasteiger partial charge in [0.05, 0.1) is 33.3 Å². The van der Waals surface area contributed by atoms with Crippen LogP contribution < -0.4 is 45.1 Å². The van der Waals surface area contributed by atoms with Gasteiger partial charge in [-0.3, -0.25) is 4.55 Å². The van der Waals surface area contributed by atoms with Gasteiger partial charge in [-0.2, -0.15) is 8.42 Å². The van der Waals surface area contributed by atoms with Crippen molar-refractivity contribution >= 4 is 70.8 Å². The maximum Gasteiger partial charge on any atom is 1.00 e. The Bertz CT molecular complexity index is 1990. The summed E-state index contributed by atoms with van der Waals surface area (Å²) in [5.41, 5.74) is 4.72. The standard InChI is InChI=1S/C28H21N3O6S2.Na/c32-38(33,34)19-14-15-23(27(16-19)39(35,36)37)29-24-17-26-28(21-11-5-4-10-20(21)24)30-22-12-6-7-13-25(22)31(26)18-8-2-1-3-9-18;/h1-17,29-30H,(H,32,33,34)(H,35,36,37);/q;+1/p-1. The zero-order valence-corrected chi connectivity index (χ0v) is 24.7. The van der Waals surface area contributed by atoms with Crippen LogP contribution in [-0.2, 0) is 20.2 Å². The van der Waals surface area contributed by atoms with E-state index in [2.05, 4.69) is 15.5 Å². The largest absolute Gasteiger partial charge is 1.00 e. The molecule has 1 aliphatic rings. The fraction of sp³-hybridized carbons (Fsp3) is 0. The maximum absolute atomic E-state index is 12.2. The van der Waals surface area contributed by atoms with E-state index in [1.165, 1.54) is 0 Å². The number of nitrogens with zero attached hydrogens (tertiary/aromatic N) is 1. The summed E-state index contributed by atoms with van der Waals surface area (Å²) in [6.07, 6.45) is 0. The second kappa shape index (κ2) is 10.5. The predicted octanol–water partition coefficient (Wildman–Crippen LogP) is 3.27. The second-order valence-corrected chi connectivity index (χ2v) is 11.7. The molecule has 0 atom stereocenters. The smallest absolute Gasteiger partial charge is 0.744 e. The molecule has 12 heteroatoms. The molecule has 1 aliphatic heterocycles. The fourth-order valence-corrected chi connectivity index (χ4v) is 6.03. The molecule has 40 heavy (non-hydrogen) atoms. The molecule has 0 radical (unpaired) electrons. The first-order valence-electron chi connectivity index (χ1n) is 11.7. The molecule has 0 saturated carbocycles. The van der Waals surface area contributed by atoms with Crippen molar-refractivity contribution in [3.8, 4) is 0 Å². The van der Waals surface area contributed by atoms with Crippen LogP contribution in [0.15, 0.2) is 113 Å². The number of rotatable bonds is 5. The molecule has 0 aromatic heterocycles. The van der Waals surface area contributed by atoms with E-state index in [4.69, 9.17) is 0 Å². The van der Waals surface area contributed by atoms with Crippen molar-refractivity contribution < 1.29 is 55.5 Å². The summed E-state index contributed by atoms with van der Waals surface area (Å²) in [5, 5.41) is 8.15. The molecule has 0 fully saturated rings. The van der Waals surface area contributed by atoms with Crippen LogP contribution in [0.3, 0.4) is 0 Å². The van der Waals surface area contributed by atoms with E-state index in [1.807, 2.05) is 84.9 Å². The van der Waals surface area contributed by atoms with Crippen LogP contribution in [0, 0.1) is 0 Å². The van der Waals surface area contributed by atoms with Crippen molar-refractivity contribution in [1.29, 1.82) is 0 Å². The number of fused-ring (bicyclic) bond motifs is 4. The quantitative estimate of drug-likeness (QED) is 0.207. The van der Waals surface area contributed by atoms with E-state index < -0.39 is 30.0 Å². The molecule has 5 aromatic rings. The Kier molecular flexibility index (Phi) is 7.40. The average molecular weight is 582 g/mol. The average Bonchev–Trinajstić information content (AvgIpc) is 2.91. The number of para-hydroxylation sites is 3. The molecular weight excluding hydrogens is 561 g/mol. The zero-order chi connectivity index (χ0) is 27.4. The summed E-state index contributed by atoms with van der Waals surface area (Å²) < 4.78 is 68.8. The van der Waals surface area contributed by atoms with Gasteiger partial charge in [-0.15, -0.1) is 0 Å². The normalized spacial score (nSPS) is 12.6. The van der Waals surface area contributed by atoms with E-state index in [0.717, 1.165) is 51.3 Å². The van der Waals surface area contributed by atoms with E-state index >= 15 is 0 Å². The van der Waals surface area contributed by atoms with Gasteiger partial charge in [-0.05, 0) is 48.5 Å². The van der Waals surface area contributed by atoms with Gasteiger partial charge < -0.3 is 20.1 Å². The minimum Gasteiger partial charge on any atom is -0.744 e. The van der Waals surface area contributed by atoms with Gasteiger partial charge in [0, 0.05) is 22.1 Å². The van der Waals surface area contributed by atoms with Crippen molar-refractivity contribution in [3.63, 3.8) is 0 Å². The third kappa shape index (κ3) is 5.08. The summed E-state index contributed by atoms with van der Waals surface area (Å²) in [5.74, 6) is 0. The molecule has 196 valence electrons. The summed E-state index contributed by atoms with van der Waals surface area (Å²) in [6, 6.07) is 29.7. The van der Waals surface area contributed by atoms with Crippen LogP contribution >= 0.6 is 0 Å². The molecule has 1 heterocycles. The minimum atomic E-state index is -4.96. The Morgan fingerprint density at radius 1 is 0.725 bits per heavy atom. The van der Waals surface area contributed by atoms with E-state index in [-0.39, 0.29) is 35.2 Å². The Morgan fingerprint density at radius 3 is 2.08 bits per heavy atom. The molecule has 6 rings (SSSR count). The first-order valence-corrected chi connectivity index (χ1v) is 14.6. The van der Waals surface area contributed by atoms with Crippen LogP contribution in [0.5, 0.6) is 0 Å². The number of anilines is 7. The van der Waals surface area contributed by atoms with Crippen molar-refractivity contribution in [3.05, 3.63) is 103 Å². The first-order chi connectivity index (χ1) is 18.6. The predicted molar refractivity (Wildman–Crippen MR) is 149 cm³/mol. The summed E-state index contributed by atoms with van der Waals surface area (Å²) in [7, 11) is -9.85. The first kappa shape index (κ1) is 28.1. The molecule has 9 nitrogen and oxygen atoms in total. The van der Waals surface area contributed by atoms with Gasteiger partial charge in [-0.1, -0.05) is 54.6 Å². The summed E-state index contributed by atoms with van der Waals surface area (Å²) >= 11 is 0. The van der Waals surface area contributed by atoms with Crippen molar-refractivity contribution in [2.75, 3.05) is 15.5 Å². The Labute approximate surface area is 253 Å². The fourth-order valence-electron chi connectivity index (χ4n) is 4.79. The topological polar surface area (TPSA) is 139 Å². The Balaban J connectivity index is 0.00000323. The van der Waals surface area contributed by atoms with Crippen LogP contribution in [0.1, 0.15) is 0 Å². The third-order valence-electron chi connectivity index (χ3n) is 6.47. The van der Waals surface area contributed by atoms with Crippen molar-refractivity contribution in [2.24, 2.45) is 0 Å². The summed E-state index contributed by atoms with van der Waals surface area (Å²) in [6.45, 7) is 0. The number of nitrogens with one attached hydrogen (secondary N) is 2. The van der Waals surface area contributed by atoms with Gasteiger partial charge in [0.1, 0.15) is 15.0 Å². The van der Waals surface area contributed by atoms with E-state index in [1.54, 1.807) is 0 Å². The van der Waals surface area contributed by atoms with Gasteiger partial charge in [0.2, 0.25) is 0 Å². The van der Waals surface area contributed by atoms with Gasteiger partial charge in [0.15, 0.2) is 0 Å². The monoisotopic (exact) mass is 581 g/mol. The number of hydrogen-bond donors (Lipinski definition) is 3. The van der Waals surface area contributed by atoms with Gasteiger partial charge in [0.25, 0.3) is 10.1 Å². The molecule has 3 N–H and O–H groups in total. The molecule has 0 bridgehead atoms. The number of hydrogen-bond acceptors (Lipinski definition) is 8. The van der Waals surface area contributed by atoms with E-state index in [0.29, 0.717) is 11.8 Å². The van der Waals surface area contributed by atoms with Crippen LogP contribution in [-0.4, -0.2) is 25.9 Å². The Morgan fingerprint density at radius 2 is 1.38 bits per heavy atom. The van der Waals surface area contributed by atoms with Crippen molar-refractivity contribution in [2.45, 2.75) is 9.79 Å². The van der Waals surface area contributed by atoms with Gasteiger partial charge in [-0.25, -0.2) is 8.42 Å². The van der Waals surface area contributed by atoms with Crippen LogP contribution in [0.2, 0.25) is 0 Å². The van der Waals surface area contributed by atoms with Gasteiger partial charge >= 0.3 is 29.6 Å². The zero-order valence-electron chi connectivity index (χ0n) is 21.1. The van der Waals surface area contributed by atoms with Crippen molar-refractivity contribution in [1.82, 2.24) is 0 Å². The molecule has 0 amide bonds. The van der Waals surface area contributed by atoms with Crippen LogP contribution in [0.4, 0.5) is 39.8 Å². The molecule has 0 unspecified atom stereocenters. The molecule has 5 aromatic carbocycles. The third-order valence-corrected chi connectivity index (χ3v) is 8.20. The van der Waals surface area contributed by atoms with E-state index in [9.17, 15) is 25.9 Å². The maximum atomic E-state index is 12.2. The summed E-state index contributed by atoms with van der Waals surface area (Å²) in [4.78, 5) is 0.576. The Hall–Kier alpha value is -3.42. The molecule has 0 saturated heterocycles. The van der Waals surface area contributed by atoms with Crippen LogP contribution in [0.25, 0.3) is 10.8 Å². The molecule has 0 spiro atoms. The second-order valence-electron chi connectivity index (χ2n) is 8.89. The minimum absolute atomic E-state index is 0. The SMILES string of the molecule is O=S(=O)([O-])c1ccc(Nc2cc3c(c4ccccc24)Nc2ccccc2N3c2ccccc2)c(S(=O)(=O)O)c1.[Na+]. The molecular formula is C28H20N3NaO6S2. The number of benzene rings is 5.